The normalized spacial score (nSPS) is 19.9. The van der Waals surface area contributed by atoms with E-state index in [1.54, 1.807) is 6.07 Å². The van der Waals surface area contributed by atoms with Crippen molar-refractivity contribution in [1.82, 2.24) is 20.6 Å². The summed E-state index contributed by atoms with van der Waals surface area (Å²) in [5.74, 6) is 1.24. The Hall–Kier alpha value is -1.73. The van der Waals surface area contributed by atoms with Crippen molar-refractivity contribution >= 4 is 11.7 Å². The molecule has 1 amide bonds. The molecule has 0 unspecified atom stereocenters. The molecule has 120 valence electrons. The van der Waals surface area contributed by atoms with E-state index >= 15 is 0 Å². The van der Waals surface area contributed by atoms with Crippen LogP contribution in [0.5, 0.6) is 0 Å². The van der Waals surface area contributed by atoms with Gasteiger partial charge in [-0.2, -0.15) is 0 Å². The van der Waals surface area contributed by atoms with E-state index in [0.29, 0.717) is 24.8 Å². The molecule has 0 bridgehead atoms. The molecule has 22 heavy (non-hydrogen) atoms. The molecule has 2 aliphatic rings. The maximum atomic E-state index is 12.3. The first-order chi connectivity index (χ1) is 10.8. The van der Waals surface area contributed by atoms with Gasteiger partial charge in [-0.25, -0.2) is 9.97 Å². The van der Waals surface area contributed by atoms with Gasteiger partial charge in [0.15, 0.2) is 0 Å². The van der Waals surface area contributed by atoms with Crippen molar-refractivity contribution in [3.8, 4) is 0 Å². The van der Waals surface area contributed by atoms with Gasteiger partial charge >= 0.3 is 0 Å². The van der Waals surface area contributed by atoms with Gasteiger partial charge in [0.05, 0.1) is 13.2 Å². The lowest BCUT2D eigenvalue weighted by Crippen LogP contribution is -2.37. The minimum atomic E-state index is -0.115. The zero-order valence-corrected chi connectivity index (χ0v) is 12.8. The number of morpholine rings is 1. The van der Waals surface area contributed by atoms with E-state index in [1.807, 2.05) is 0 Å². The number of ether oxygens (including phenoxy) is 1. The van der Waals surface area contributed by atoms with Gasteiger partial charge in [0.1, 0.15) is 17.8 Å². The van der Waals surface area contributed by atoms with Crippen LogP contribution in [-0.4, -0.2) is 61.8 Å². The summed E-state index contributed by atoms with van der Waals surface area (Å²) in [5.41, 5.74) is 0.436. The largest absolute Gasteiger partial charge is 0.378 e. The molecule has 0 aromatic carbocycles. The molecule has 1 aromatic rings. The average molecular weight is 305 g/mol. The SMILES string of the molecule is O=C(NCC1CCNCC1)c1cc(N2CCOCC2)ncn1. The summed E-state index contributed by atoms with van der Waals surface area (Å²) in [6.07, 6.45) is 3.69. The number of anilines is 1. The summed E-state index contributed by atoms with van der Waals surface area (Å²) in [6, 6.07) is 1.77. The van der Waals surface area contributed by atoms with Crippen molar-refractivity contribution < 1.29 is 9.53 Å². The Balaban J connectivity index is 1.57. The van der Waals surface area contributed by atoms with Gasteiger partial charge < -0.3 is 20.3 Å². The van der Waals surface area contributed by atoms with Gasteiger partial charge in [0, 0.05) is 25.7 Å². The van der Waals surface area contributed by atoms with Crippen LogP contribution in [0.4, 0.5) is 5.82 Å². The number of hydrogen-bond acceptors (Lipinski definition) is 6. The van der Waals surface area contributed by atoms with E-state index in [-0.39, 0.29) is 5.91 Å². The second kappa shape index (κ2) is 7.51. The quantitative estimate of drug-likeness (QED) is 0.818. The third-order valence-corrected chi connectivity index (χ3v) is 4.23. The van der Waals surface area contributed by atoms with Crippen LogP contribution in [0.3, 0.4) is 0 Å². The molecule has 0 spiro atoms. The maximum Gasteiger partial charge on any atom is 0.270 e. The first-order valence-electron chi connectivity index (χ1n) is 7.96. The number of carbonyl (C=O) groups is 1. The number of amides is 1. The summed E-state index contributed by atoms with van der Waals surface area (Å²) in [5, 5.41) is 6.33. The Labute approximate surface area is 130 Å². The summed E-state index contributed by atoms with van der Waals surface area (Å²) < 4.78 is 5.34. The monoisotopic (exact) mass is 305 g/mol. The van der Waals surface area contributed by atoms with Crippen molar-refractivity contribution in [3.63, 3.8) is 0 Å². The number of nitrogens with one attached hydrogen (secondary N) is 2. The van der Waals surface area contributed by atoms with E-state index in [9.17, 15) is 4.79 Å². The van der Waals surface area contributed by atoms with Crippen molar-refractivity contribution in [2.75, 3.05) is 50.8 Å². The molecular formula is C15H23N5O2. The number of hydrogen-bond donors (Lipinski definition) is 2. The van der Waals surface area contributed by atoms with Crippen LogP contribution in [0.15, 0.2) is 12.4 Å². The Kier molecular flexibility index (Phi) is 5.18. The summed E-state index contributed by atoms with van der Waals surface area (Å²) in [4.78, 5) is 22.8. The predicted molar refractivity (Wildman–Crippen MR) is 83.0 cm³/mol. The molecule has 7 heteroatoms. The second-order valence-corrected chi connectivity index (χ2v) is 5.76. The molecule has 2 N–H and O–H groups in total. The highest BCUT2D eigenvalue weighted by atomic mass is 16.5. The van der Waals surface area contributed by atoms with Crippen LogP contribution < -0.4 is 15.5 Å². The fourth-order valence-electron chi connectivity index (χ4n) is 2.85. The molecule has 2 fully saturated rings. The van der Waals surface area contributed by atoms with Gasteiger partial charge in [-0.3, -0.25) is 4.79 Å². The number of nitrogens with zero attached hydrogens (tertiary/aromatic N) is 3. The van der Waals surface area contributed by atoms with Crippen molar-refractivity contribution in [2.24, 2.45) is 5.92 Å². The van der Waals surface area contributed by atoms with Gasteiger partial charge in [-0.15, -0.1) is 0 Å². The summed E-state index contributed by atoms with van der Waals surface area (Å²) in [7, 11) is 0. The third-order valence-electron chi connectivity index (χ3n) is 4.23. The molecule has 7 nitrogen and oxygen atoms in total. The fraction of sp³-hybridized carbons (Fsp3) is 0.667. The zero-order valence-electron chi connectivity index (χ0n) is 12.8. The Bertz CT molecular complexity index is 498. The van der Waals surface area contributed by atoms with E-state index in [2.05, 4.69) is 25.5 Å². The van der Waals surface area contributed by atoms with Crippen molar-refractivity contribution in [3.05, 3.63) is 18.1 Å². The Morgan fingerprint density at radius 3 is 2.86 bits per heavy atom. The van der Waals surface area contributed by atoms with E-state index < -0.39 is 0 Å². The fourth-order valence-corrected chi connectivity index (χ4v) is 2.85. The van der Waals surface area contributed by atoms with Crippen molar-refractivity contribution in [1.29, 1.82) is 0 Å². The molecule has 0 aliphatic carbocycles. The molecule has 2 aliphatic heterocycles. The Morgan fingerprint density at radius 2 is 2.09 bits per heavy atom. The first-order valence-corrected chi connectivity index (χ1v) is 7.96. The lowest BCUT2D eigenvalue weighted by molar-refractivity contribution is 0.0939. The molecule has 3 heterocycles. The number of carbonyl (C=O) groups excluding carboxylic acids is 1. The summed E-state index contributed by atoms with van der Waals surface area (Å²) >= 11 is 0. The molecule has 1 aromatic heterocycles. The van der Waals surface area contributed by atoms with Crippen LogP contribution >= 0.6 is 0 Å². The van der Waals surface area contributed by atoms with Crippen LogP contribution in [0, 0.1) is 5.92 Å². The highest BCUT2D eigenvalue weighted by molar-refractivity contribution is 5.92. The van der Waals surface area contributed by atoms with Crippen LogP contribution in [0.25, 0.3) is 0 Å². The van der Waals surface area contributed by atoms with Crippen molar-refractivity contribution in [2.45, 2.75) is 12.8 Å². The van der Waals surface area contributed by atoms with Crippen LogP contribution in [-0.2, 0) is 4.74 Å². The number of piperidine rings is 1. The third kappa shape index (κ3) is 3.92. The molecule has 2 saturated heterocycles. The highest BCUT2D eigenvalue weighted by Crippen LogP contribution is 2.13. The van der Waals surface area contributed by atoms with E-state index in [1.165, 1.54) is 6.33 Å². The molecule has 0 atom stereocenters. The topological polar surface area (TPSA) is 79.4 Å². The average Bonchev–Trinajstić information content (AvgIpc) is 2.61. The summed E-state index contributed by atoms with van der Waals surface area (Å²) in [6.45, 7) is 5.78. The van der Waals surface area contributed by atoms with Crippen LogP contribution in [0.2, 0.25) is 0 Å². The smallest absolute Gasteiger partial charge is 0.270 e. The molecule has 3 rings (SSSR count). The van der Waals surface area contributed by atoms with Gasteiger partial charge in [-0.05, 0) is 31.8 Å². The maximum absolute atomic E-state index is 12.3. The number of rotatable bonds is 4. The predicted octanol–water partition coefficient (Wildman–Crippen LogP) is 0.0426. The zero-order chi connectivity index (χ0) is 15.2. The van der Waals surface area contributed by atoms with E-state index in [4.69, 9.17) is 4.74 Å². The molecular weight excluding hydrogens is 282 g/mol. The molecule has 0 radical (unpaired) electrons. The minimum Gasteiger partial charge on any atom is -0.378 e. The second-order valence-electron chi connectivity index (χ2n) is 5.76. The molecule has 0 saturated carbocycles. The first kappa shape index (κ1) is 15.2. The van der Waals surface area contributed by atoms with Crippen LogP contribution in [0.1, 0.15) is 23.3 Å². The lowest BCUT2D eigenvalue weighted by Gasteiger charge is -2.27. The number of aromatic nitrogens is 2. The van der Waals surface area contributed by atoms with E-state index in [0.717, 1.165) is 51.4 Å². The van der Waals surface area contributed by atoms with Gasteiger partial charge in [0.25, 0.3) is 5.91 Å². The van der Waals surface area contributed by atoms with Gasteiger partial charge in [0.2, 0.25) is 0 Å². The Morgan fingerprint density at radius 1 is 1.32 bits per heavy atom. The standard InChI is InChI=1S/C15H23N5O2/c21-15(17-10-12-1-3-16-4-2-12)13-9-14(19-11-18-13)20-5-7-22-8-6-20/h9,11-12,16H,1-8,10H2,(H,17,21). The highest BCUT2D eigenvalue weighted by Gasteiger charge is 2.17. The minimum absolute atomic E-state index is 0.115. The van der Waals surface area contributed by atoms with Gasteiger partial charge in [-0.1, -0.05) is 0 Å². The lowest BCUT2D eigenvalue weighted by atomic mass is 9.98.